The van der Waals surface area contributed by atoms with Gasteiger partial charge in [0.25, 0.3) is 0 Å². The summed E-state index contributed by atoms with van der Waals surface area (Å²) in [5.74, 6) is 0. The number of nitrogens with zero attached hydrogens (tertiary/aromatic N) is 4. The lowest BCUT2D eigenvalue weighted by Crippen LogP contribution is -1.89. The van der Waals surface area contributed by atoms with Gasteiger partial charge in [0.15, 0.2) is 0 Å². The van der Waals surface area contributed by atoms with Gasteiger partial charge in [-0.3, -0.25) is 19.9 Å². The Morgan fingerprint density at radius 2 is 0.452 bits per heavy atom. The first-order valence-corrected chi connectivity index (χ1v) is 28.3. The van der Waals surface area contributed by atoms with Crippen LogP contribution in [0.2, 0.25) is 0 Å². The van der Waals surface area contributed by atoms with E-state index in [1.165, 1.54) is 88.0 Å². The van der Waals surface area contributed by atoms with Gasteiger partial charge < -0.3 is 8.83 Å². The Kier molecular flexibility index (Phi) is 10.8. The molecule has 0 unspecified atom stereocenters. The Morgan fingerprint density at radius 3 is 0.869 bits per heavy atom. The Labute approximate surface area is 481 Å². The molecule has 0 bridgehead atoms. The number of furan rings is 2. The second-order valence-corrected chi connectivity index (χ2v) is 21.7. The zero-order valence-corrected chi connectivity index (χ0v) is 45.2. The van der Waals surface area contributed by atoms with Crippen LogP contribution in [0.5, 0.6) is 0 Å². The van der Waals surface area contributed by atoms with Crippen LogP contribution in [0.3, 0.4) is 0 Å². The SMILES string of the molecule is c1ccc2c(c1)oc1ccc(-c3ccc(-c4ccc(-c5ccc6c(c5)c5ccccc5c5nccnc65)cc4)cc3)cc12.c1ccc2c(c1)oc1ccc(-c3ccc4ccc(-c5ccc6c(c5)c5ccccc5c5nccnc65)cc4c3)cc12. The van der Waals surface area contributed by atoms with Crippen LogP contribution >= 0.6 is 0 Å². The average molecular weight is 1070 g/mol. The van der Waals surface area contributed by atoms with Gasteiger partial charge in [-0.25, -0.2) is 0 Å². The van der Waals surface area contributed by atoms with Crippen molar-refractivity contribution in [3.8, 4) is 55.6 Å². The van der Waals surface area contributed by atoms with Gasteiger partial charge in [0.05, 0.1) is 22.1 Å². The van der Waals surface area contributed by atoms with E-state index in [1.807, 2.05) is 24.3 Å². The van der Waals surface area contributed by atoms with E-state index in [9.17, 15) is 0 Å². The van der Waals surface area contributed by atoms with E-state index >= 15 is 0 Å². The number of fused-ring (bicyclic) bond motifs is 19. The lowest BCUT2D eigenvalue weighted by atomic mass is 9.94. The van der Waals surface area contributed by atoms with Crippen molar-refractivity contribution < 1.29 is 8.83 Å². The first-order valence-electron chi connectivity index (χ1n) is 28.3. The third kappa shape index (κ3) is 7.88. The van der Waals surface area contributed by atoms with Crippen LogP contribution in [0.25, 0.3) is 175 Å². The van der Waals surface area contributed by atoms with Gasteiger partial charge in [-0.15, -0.1) is 0 Å². The molecule has 0 spiro atoms. The molecule has 4 aromatic heterocycles. The van der Waals surface area contributed by atoms with Crippen LogP contribution in [0.4, 0.5) is 0 Å². The number of para-hydroxylation sites is 2. The van der Waals surface area contributed by atoms with Crippen molar-refractivity contribution in [2.24, 2.45) is 0 Å². The smallest absolute Gasteiger partial charge is 0.135 e. The van der Waals surface area contributed by atoms with Crippen molar-refractivity contribution >= 4 is 120 Å². The highest BCUT2D eigenvalue weighted by molar-refractivity contribution is 6.25. The predicted molar refractivity (Wildman–Crippen MR) is 348 cm³/mol. The van der Waals surface area contributed by atoms with Crippen molar-refractivity contribution in [2.45, 2.75) is 0 Å². The molecule has 0 saturated heterocycles. The molecule has 18 rings (SSSR count). The highest BCUT2D eigenvalue weighted by atomic mass is 16.3. The number of benzene rings is 14. The zero-order valence-electron chi connectivity index (χ0n) is 45.2. The largest absolute Gasteiger partial charge is 0.456 e. The van der Waals surface area contributed by atoms with Gasteiger partial charge in [0.1, 0.15) is 22.3 Å². The highest BCUT2D eigenvalue weighted by Gasteiger charge is 2.16. The molecular weight excluding hydrogens is 1020 g/mol. The lowest BCUT2D eigenvalue weighted by molar-refractivity contribution is 0.668. The van der Waals surface area contributed by atoms with E-state index < -0.39 is 0 Å². The molecule has 84 heavy (non-hydrogen) atoms. The molecule has 4 heterocycles. The number of hydrogen-bond donors (Lipinski definition) is 0. The maximum atomic E-state index is 6.05. The van der Waals surface area contributed by atoms with Crippen LogP contribution in [0, 0.1) is 0 Å². The molecule has 0 fully saturated rings. The first kappa shape index (κ1) is 47.5. The second kappa shape index (κ2) is 19.2. The minimum atomic E-state index is 0.917. The predicted octanol–water partition coefficient (Wildman–Crippen LogP) is 21.2. The summed E-state index contributed by atoms with van der Waals surface area (Å²) in [5.41, 5.74) is 19.3. The average Bonchev–Trinajstić information content (AvgIpc) is 3.29. The number of aromatic nitrogens is 4. The molecule has 14 aromatic carbocycles. The second-order valence-electron chi connectivity index (χ2n) is 21.7. The van der Waals surface area contributed by atoms with Crippen molar-refractivity contribution in [1.29, 1.82) is 0 Å². The van der Waals surface area contributed by atoms with Crippen molar-refractivity contribution in [1.82, 2.24) is 19.9 Å². The van der Waals surface area contributed by atoms with Crippen LogP contribution < -0.4 is 0 Å². The lowest BCUT2D eigenvalue weighted by Gasteiger charge is -2.11. The first-order chi connectivity index (χ1) is 41.6. The molecule has 0 aliphatic carbocycles. The molecule has 6 nitrogen and oxygen atoms in total. The van der Waals surface area contributed by atoms with E-state index in [-0.39, 0.29) is 0 Å². The Morgan fingerprint density at radius 1 is 0.179 bits per heavy atom. The molecule has 18 aromatic rings. The summed E-state index contributed by atoms with van der Waals surface area (Å²) >= 11 is 0. The zero-order chi connectivity index (χ0) is 55.2. The van der Waals surface area contributed by atoms with Gasteiger partial charge in [0, 0.05) is 67.9 Å². The summed E-state index contributed by atoms with van der Waals surface area (Å²) < 4.78 is 12.1. The molecule has 390 valence electrons. The van der Waals surface area contributed by atoms with Crippen LogP contribution in [-0.2, 0) is 0 Å². The van der Waals surface area contributed by atoms with E-state index in [1.54, 1.807) is 24.8 Å². The van der Waals surface area contributed by atoms with Gasteiger partial charge in [-0.1, -0.05) is 194 Å². The number of hydrogen-bond acceptors (Lipinski definition) is 6. The minimum Gasteiger partial charge on any atom is -0.456 e. The quantitative estimate of drug-likeness (QED) is 0.160. The molecule has 0 N–H and O–H groups in total. The topological polar surface area (TPSA) is 77.8 Å². The van der Waals surface area contributed by atoms with E-state index in [0.717, 1.165) is 87.5 Å². The summed E-state index contributed by atoms with van der Waals surface area (Å²) in [7, 11) is 0. The molecule has 0 radical (unpaired) electrons. The van der Waals surface area contributed by atoms with Gasteiger partial charge in [0.2, 0.25) is 0 Å². The fourth-order valence-corrected chi connectivity index (χ4v) is 12.7. The molecule has 0 atom stereocenters. The normalized spacial score (nSPS) is 11.8. The summed E-state index contributed by atoms with van der Waals surface area (Å²) in [5, 5.41) is 16.3. The maximum Gasteiger partial charge on any atom is 0.135 e. The summed E-state index contributed by atoms with van der Waals surface area (Å²) in [6.45, 7) is 0. The van der Waals surface area contributed by atoms with Crippen LogP contribution in [0.15, 0.2) is 288 Å². The van der Waals surface area contributed by atoms with Crippen molar-refractivity contribution in [3.63, 3.8) is 0 Å². The fourth-order valence-electron chi connectivity index (χ4n) is 12.7. The molecule has 0 saturated carbocycles. The third-order valence-corrected chi connectivity index (χ3v) is 16.9. The summed E-state index contributed by atoms with van der Waals surface area (Å²) in [6, 6.07) is 90.8. The van der Waals surface area contributed by atoms with E-state index in [0.29, 0.717) is 0 Å². The Balaban J connectivity index is 0.000000132. The van der Waals surface area contributed by atoms with Gasteiger partial charge in [-0.05, 0) is 149 Å². The standard InChI is InChI=1S/C40H24N2O.C38H22N2O/c1-2-7-33-31(5-1)35-23-29(17-19-34(35)40-39(33)41-21-22-42-40)27-13-9-25(10-14-27)26-11-15-28(16-12-26)30-18-20-38-36(24-30)32-6-3-4-8-37(32)43-38;1-2-7-31-29(5-1)33-21-26(13-15-32(33)38-37(31)39-17-18-40-38)24-11-9-23-10-12-25(20-28(23)19-24)27-14-16-36-34(22-27)30-6-3-4-8-35(30)41-36/h1-24H;1-22H. The molecular formula is C78H46N4O2. The summed E-state index contributed by atoms with van der Waals surface area (Å²) in [4.78, 5) is 18.7. The maximum absolute atomic E-state index is 6.05. The Bertz CT molecular complexity index is 5620. The van der Waals surface area contributed by atoms with Crippen molar-refractivity contribution in [2.75, 3.05) is 0 Å². The number of rotatable bonds is 5. The molecule has 0 aliphatic heterocycles. The monoisotopic (exact) mass is 1070 g/mol. The van der Waals surface area contributed by atoms with Crippen LogP contribution in [0.1, 0.15) is 0 Å². The third-order valence-electron chi connectivity index (χ3n) is 16.9. The van der Waals surface area contributed by atoms with Gasteiger partial charge >= 0.3 is 0 Å². The molecule has 6 heteroatoms. The van der Waals surface area contributed by atoms with Gasteiger partial charge in [-0.2, -0.15) is 0 Å². The minimum absolute atomic E-state index is 0.917. The molecule has 0 aliphatic rings. The summed E-state index contributed by atoms with van der Waals surface area (Å²) in [6.07, 6.45) is 7.09. The molecule has 0 amide bonds. The van der Waals surface area contributed by atoms with E-state index in [4.69, 9.17) is 13.8 Å². The van der Waals surface area contributed by atoms with E-state index in [2.05, 4.69) is 245 Å². The fraction of sp³-hybridized carbons (Fsp3) is 0. The van der Waals surface area contributed by atoms with Crippen LogP contribution in [-0.4, -0.2) is 19.9 Å². The Hall–Kier alpha value is -11.3. The van der Waals surface area contributed by atoms with Crippen molar-refractivity contribution in [3.05, 3.63) is 280 Å². The highest BCUT2D eigenvalue weighted by Crippen LogP contribution is 2.40.